The molecule has 0 radical (unpaired) electrons. The predicted molar refractivity (Wildman–Crippen MR) is 73.8 cm³/mol. The van der Waals surface area contributed by atoms with E-state index in [1.165, 1.54) is 0 Å². The highest BCUT2D eigenvalue weighted by atomic mass is 15.1. The average Bonchev–Trinajstić information content (AvgIpc) is 2.40. The number of hydrogen-bond donors (Lipinski definition) is 2. The van der Waals surface area contributed by atoms with Crippen molar-refractivity contribution in [3.63, 3.8) is 0 Å². The minimum atomic E-state index is 0.0862. The van der Waals surface area contributed by atoms with Crippen molar-refractivity contribution in [2.45, 2.75) is 6.54 Å². The lowest BCUT2D eigenvalue weighted by Crippen LogP contribution is -2.18. The molecule has 1 aromatic heterocycles. The van der Waals surface area contributed by atoms with Crippen LogP contribution in [0, 0.1) is 5.41 Å². The maximum atomic E-state index is 7.44. The van der Waals surface area contributed by atoms with E-state index in [0.717, 1.165) is 23.5 Å². The summed E-state index contributed by atoms with van der Waals surface area (Å²) in [5, 5.41) is 7.44. The number of hydrogen-bond acceptors (Lipinski definition) is 3. The van der Waals surface area contributed by atoms with Gasteiger partial charge in [0.25, 0.3) is 0 Å². The highest BCUT2D eigenvalue weighted by Gasteiger charge is 2.04. The highest BCUT2D eigenvalue weighted by Crippen LogP contribution is 2.16. The maximum Gasteiger partial charge on any atom is 0.122 e. The minimum absolute atomic E-state index is 0.0862. The van der Waals surface area contributed by atoms with Gasteiger partial charge >= 0.3 is 0 Å². The molecule has 1 heterocycles. The van der Waals surface area contributed by atoms with E-state index in [4.69, 9.17) is 11.1 Å². The van der Waals surface area contributed by atoms with Gasteiger partial charge in [-0.3, -0.25) is 10.4 Å². The molecule has 1 aromatic carbocycles. The van der Waals surface area contributed by atoms with Crippen molar-refractivity contribution in [2.75, 3.05) is 11.9 Å². The fourth-order valence-electron chi connectivity index (χ4n) is 1.74. The average molecular weight is 240 g/mol. The first-order chi connectivity index (χ1) is 8.66. The van der Waals surface area contributed by atoms with Gasteiger partial charge in [-0.2, -0.15) is 0 Å². The molecule has 92 valence electrons. The topological polar surface area (TPSA) is 66.0 Å². The number of nitrogen functional groups attached to an aromatic ring is 1. The molecule has 0 spiro atoms. The summed E-state index contributed by atoms with van der Waals surface area (Å²) >= 11 is 0. The lowest BCUT2D eigenvalue weighted by Gasteiger charge is -2.19. The summed E-state index contributed by atoms with van der Waals surface area (Å²) in [7, 11) is 1.99. The van der Waals surface area contributed by atoms with Crippen molar-refractivity contribution in [1.82, 2.24) is 4.98 Å². The van der Waals surface area contributed by atoms with Crippen LogP contribution < -0.4 is 10.6 Å². The Morgan fingerprint density at radius 2 is 2.11 bits per heavy atom. The SMILES string of the molecule is CN(Cc1ccccn1)c1cccc(C(=N)N)c1. The van der Waals surface area contributed by atoms with Crippen LogP contribution in [0.5, 0.6) is 0 Å². The molecule has 2 rings (SSSR count). The first-order valence-corrected chi connectivity index (χ1v) is 5.72. The number of aromatic nitrogens is 1. The minimum Gasteiger partial charge on any atom is -0.384 e. The van der Waals surface area contributed by atoms with Crippen molar-refractivity contribution in [2.24, 2.45) is 5.73 Å². The predicted octanol–water partition coefficient (Wildman–Crippen LogP) is 2.00. The fraction of sp³-hybridized carbons (Fsp3) is 0.143. The zero-order valence-electron chi connectivity index (χ0n) is 10.3. The third-order valence-corrected chi connectivity index (χ3v) is 2.72. The Hall–Kier alpha value is -2.36. The second-order valence-corrected chi connectivity index (χ2v) is 4.14. The third-order valence-electron chi connectivity index (χ3n) is 2.72. The highest BCUT2D eigenvalue weighted by molar-refractivity contribution is 5.95. The van der Waals surface area contributed by atoms with Crippen LogP contribution in [0.25, 0.3) is 0 Å². The van der Waals surface area contributed by atoms with Gasteiger partial charge in [-0.15, -0.1) is 0 Å². The molecule has 0 atom stereocenters. The van der Waals surface area contributed by atoms with Crippen LogP contribution in [0.2, 0.25) is 0 Å². The first kappa shape index (κ1) is 12.1. The molecule has 0 aliphatic carbocycles. The van der Waals surface area contributed by atoms with Crippen LogP contribution in [0.15, 0.2) is 48.7 Å². The molecule has 4 heteroatoms. The monoisotopic (exact) mass is 240 g/mol. The van der Waals surface area contributed by atoms with Crippen molar-refractivity contribution in [3.05, 3.63) is 59.9 Å². The summed E-state index contributed by atoms with van der Waals surface area (Å²) in [5.74, 6) is 0.0862. The Kier molecular flexibility index (Phi) is 3.57. The number of nitrogens with one attached hydrogen (secondary N) is 1. The van der Waals surface area contributed by atoms with Crippen LogP contribution in [-0.2, 0) is 6.54 Å². The molecule has 0 bridgehead atoms. The van der Waals surface area contributed by atoms with Crippen LogP contribution >= 0.6 is 0 Å². The molecule has 0 fully saturated rings. The van der Waals surface area contributed by atoms with Gasteiger partial charge in [0.2, 0.25) is 0 Å². The third kappa shape index (κ3) is 2.85. The quantitative estimate of drug-likeness (QED) is 0.634. The summed E-state index contributed by atoms with van der Waals surface area (Å²) in [6.45, 7) is 0.724. The molecule has 0 aliphatic heterocycles. The molecule has 0 unspecified atom stereocenters. The Bertz CT molecular complexity index is 537. The molecule has 3 N–H and O–H groups in total. The van der Waals surface area contributed by atoms with Gasteiger partial charge in [-0.05, 0) is 24.3 Å². The number of nitrogens with zero attached hydrogens (tertiary/aromatic N) is 2. The standard InChI is InChI=1S/C14H16N4/c1-18(10-12-6-2-3-8-17-12)13-7-4-5-11(9-13)14(15)16/h2-9H,10H2,1H3,(H3,15,16). The Balaban J connectivity index is 2.16. The fourth-order valence-corrected chi connectivity index (χ4v) is 1.74. The van der Waals surface area contributed by atoms with Crippen molar-refractivity contribution >= 4 is 11.5 Å². The lowest BCUT2D eigenvalue weighted by molar-refractivity contribution is 0.885. The molecular weight excluding hydrogens is 224 g/mol. The smallest absolute Gasteiger partial charge is 0.122 e. The lowest BCUT2D eigenvalue weighted by atomic mass is 10.1. The van der Waals surface area contributed by atoms with Crippen LogP contribution in [-0.4, -0.2) is 17.9 Å². The number of amidine groups is 1. The number of benzene rings is 1. The second kappa shape index (κ2) is 5.31. The van der Waals surface area contributed by atoms with Crippen LogP contribution in [0.4, 0.5) is 5.69 Å². The summed E-state index contributed by atoms with van der Waals surface area (Å²) < 4.78 is 0. The second-order valence-electron chi connectivity index (χ2n) is 4.14. The molecule has 18 heavy (non-hydrogen) atoms. The maximum absolute atomic E-state index is 7.44. The number of rotatable bonds is 4. The molecular formula is C14H16N4. The number of anilines is 1. The number of pyridine rings is 1. The largest absolute Gasteiger partial charge is 0.384 e. The van der Waals surface area contributed by atoms with E-state index in [-0.39, 0.29) is 5.84 Å². The van der Waals surface area contributed by atoms with Crippen molar-refractivity contribution in [1.29, 1.82) is 5.41 Å². The van der Waals surface area contributed by atoms with E-state index in [1.807, 2.05) is 49.5 Å². The molecule has 0 saturated carbocycles. The van der Waals surface area contributed by atoms with E-state index in [9.17, 15) is 0 Å². The van der Waals surface area contributed by atoms with Gasteiger partial charge in [0.05, 0.1) is 12.2 Å². The Labute approximate surface area is 107 Å². The summed E-state index contributed by atoms with van der Waals surface area (Å²) in [6.07, 6.45) is 1.79. The van der Waals surface area contributed by atoms with Gasteiger partial charge < -0.3 is 10.6 Å². The van der Waals surface area contributed by atoms with Crippen molar-refractivity contribution in [3.8, 4) is 0 Å². The van der Waals surface area contributed by atoms with Gasteiger partial charge in [0, 0.05) is 24.5 Å². The first-order valence-electron chi connectivity index (χ1n) is 5.72. The number of nitrogens with two attached hydrogens (primary N) is 1. The molecule has 4 nitrogen and oxygen atoms in total. The molecule has 2 aromatic rings. The van der Waals surface area contributed by atoms with Gasteiger partial charge in [0.1, 0.15) is 5.84 Å². The summed E-state index contributed by atoms with van der Waals surface area (Å²) in [5.41, 5.74) is 8.25. The van der Waals surface area contributed by atoms with Gasteiger partial charge in [0.15, 0.2) is 0 Å². The molecule has 0 aliphatic rings. The summed E-state index contributed by atoms with van der Waals surface area (Å²) in [4.78, 5) is 6.37. The van der Waals surface area contributed by atoms with E-state index in [1.54, 1.807) is 6.20 Å². The van der Waals surface area contributed by atoms with Crippen LogP contribution in [0.1, 0.15) is 11.3 Å². The molecule has 0 amide bonds. The normalized spacial score (nSPS) is 10.1. The van der Waals surface area contributed by atoms with Gasteiger partial charge in [-0.1, -0.05) is 18.2 Å². The Morgan fingerprint density at radius 3 is 2.78 bits per heavy atom. The summed E-state index contributed by atoms with van der Waals surface area (Å²) in [6, 6.07) is 13.5. The van der Waals surface area contributed by atoms with Crippen molar-refractivity contribution < 1.29 is 0 Å². The zero-order chi connectivity index (χ0) is 13.0. The molecule has 0 saturated heterocycles. The van der Waals surface area contributed by atoms with E-state index in [2.05, 4.69) is 9.88 Å². The van der Waals surface area contributed by atoms with E-state index < -0.39 is 0 Å². The van der Waals surface area contributed by atoms with E-state index in [0.29, 0.717) is 0 Å². The Morgan fingerprint density at radius 1 is 1.28 bits per heavy atom. The van der Waals surface area contributed by atoms with Gasteiger partial charge in [-0.25, -0.2) is 0 Å². The zero-order valence-corrected chi connectivity index (χ0v) is 10.3. The van der Waals surface area contributed by atoms with Crippen LogP contribution in [0.3, 0.4) is 0 Å². The van der Waals surface area contributed by atoms with E-state index >= 15 is 0 Å².